The smallest absolute Gasteiger partial charge is 0.310 e. The van der Waals surface area contributed by atoms with E-state index >= 15 is 0 Å². The fraction of sp³-hybridized carbons (Fsp3) is 0.632. The molecule has 192 valence electrons. The first-order chi connectivity index (χ1) is 16.7. The van der Waals surface area contributed by atoms with Crippen molar-refractivity contribution < 1.29 is 48.4 Å². The van der Waals surface area contributed by atoms with Gasteiger partial charge in [0.15, 0.2) is 12.2 Å². The number of esters is 2. The van der Waals surface area contributed by atoms with Crippen molar-refractivity contribution in [3.05, 3.63) is 48.7 Å². The van der Waals surface area contributed by atoms with Crippen LogP contribution in [0.3, 0.4) is 0 Å². The van der Waals surface area contributed by atoms with Crippen molar-refractivity contribution in [2.45, 2.75) is 56.2 Å². The Morgan fingerprint density at radius 2 is 1.74 bits per heavy atom. The average molecular weight is 564 g/mol. The van der Waals surface area contributed by atoms with E-state index in [4.69, 9.17) is 18.9 Å². The van der Waals surface area contributed by atoms with Crippen LogP contribution in [0.4, 0.5) is 0 Å². The molecule has 0 bridgehead atoms. The molecule has 2 aliphatic rings. The number of carbonyl (C=O) groups excluding carboxylic acids is 2. The summed E-state index contributed by atoms with van der Waals surface area (Å²) in [5, 5.41) is 18.6. The summed E-state index contributed by atoms with van der Waals surface area (Å²) in [7, 11) is 0. The highest BCUT2D eigenvalue weighted by Gasteiger charge is 2.51. The highest BCUT2D eigenvalue weighted by molar-refractivity contribution is 9.10. The van der Waals surface area contributed by atoms with E-state index in [-0.39, 0.29) is 38.9 Å². The summed E-state index contributed by atoms with van der Waals surface area (Å²) in [5.41, 5.74) is 0.676. The van der Waals surface area contributed by atoms with Gasteiger partial charge >= 0.3 is 11.9 Å². The molecule has 0 aromatic carbocycles. The standard InChI is InChI=1S/C19H22BrN3O12/c20-12-4-11(6-21-7-12)5-17(25)34-15-10-31-18-14(9-30-19(15)18)33-16(24)3-1-2-13(35-23(28)29)8-32-22(26)27/h4,6-7,13-15,18-19H,1-3,5,8-10H2/t13?,14-,15-,18-,19-/m1/s1. The maximum Gasteiger partial charge on any atom is 0.310 e. The third kappa shape index (κ3) is 8.25. The molecule has 0 aliphatic carbocycles. The van der Waals surface area contributed by atoms with Crippen LogP contribution in [0.5, 0.6) is 0 Å². The Bertz CT molecular complexity index is 934. The molecule has 2 aliphatic heterocycles. The lowest BCUT2D eigenvalue weighted by Gasteiger charge is -2.18. The summed E-state index contributed by atoms with van der Waals surface area (Å²) >= 11 is 3.29. The van der Waals surface area contributed by atoms with E-state index in [2.05, 4.69) is 30.6 Å². The zero-order chi connectivity index (χ0) is 25.4. The van der Waals surface area contributed by atoms with Crippen molar-refractivity contribution in [3.63, 3.8) is 0 Å². The number of aromatic nitrogens is 1. The summed E-state index contributed by atoms with van der Waals surface area (Å²) in [5.74, 6) is -1.09. The Morgan fingerprint density at radius 1 is 1.09 bits per heavy atom. The molecule has 1 aromatic heterocycles. The van der Waals surface area contributed by atoms with E-state index in [1.165, 1.54) is 0 Å². The van der Waals surface area contributed by atoms with Crippen molar-refractivity contribution in [3.8, 4) is 0 Å². The lowest BCUT2D eigenvalue weighted by molar-refractivity contribution is -0.790. The molecule has 1 aromatic rings. The first-order valence-corrected chi connectivity index (χ1v) is 11.3. The molecular weight excluding hydrogens is 542 g/mol. The number of carbonyl (C=O) groups is 2. The van der Waals surface area contributed by atoms with Crippen molar-refractivity contribution in [2.24, 2.45) is 0 Å². The molecule has 35 heavy (non-hydrogen) atoms. The fourth-order valence-corrected chi connectivity index (χ4v) is 4.11. The molecule has 3 heterocycles. The number of nitrogens with zero attached hydrogens (tertiary/aromatic N) is 3. The van der Waals surface area contributed by atoms with Crippen LogP contribution in [0.25, 0.3) is 0 Å². The van der Waals surface area contributed by atoms with Crippen LogP contribution in [0.15, 0.2) is 22.9 Å². The highest BCUT2D eigenvalue weighted by atomic mass is 79.9. The van der Waals surface area contributed by atoms with Gasteiger partial charge in [0.1, 0.15) is 24.9 Å². The van der Waals surface area contributed by atoms with Gasteiger partial charge in [0.05, 0.1) is 19.6 Å². The van der Waals surface area contributed by atoms with Gasteiger partial charge in [0, 0.05) is 23.3 Å². The number of halogens is 1. The molecule has 5 atom stereocenters. The number of pyridine rings is 1. The van der Waals surface area contributed by atoms with Gasteiger partial charge in [-0.15, -0.1) is 20.2 Å². The van der Waals surface area contributed by atoms with Gasteiger partial charge in [-0.2, -0.15) is 0 Å². The maximum atomic E-state index is 12.3. The molecule has 0 saturated carbocycles. The summed E-state index contributed by atoms with van der Waals surface area (Å²) in [4.78, 5) is 57.7. The van der Waals surface area contributed by atoms with E-state index in [0.29, 0.717) is 5.56 Å². The van der Waals surface area contributed by atoms with Crippen molar-refractivity contribution in [2.75, 3.05) is 19.8 Å². The number of rotatable bonds is 13. The third-order valence-corrected chi connectivity index (χ3v) is 5.58. The average Bonchev–Trinajstić information content (AvgIpc) is 3.35. The fourth-order valence-electron chi connectivity index (χ4n) is 3.69. The summed E-state index contributed by atoms with van der Waals surface area (Å²) in [6.45, 7) is -0.508. The number of ether oxygens (including phenoxy) is 4. The van der Waals surface area contributed by atoms with Gasteiger partial charge < -0.3 is 28.6 Å². The van der Waals surface area contributed by atoms with Crippen molar-refractivity contribution in [1.82, 2.24) is 4.98 Å². The minimum Gasteiger partial charge on any atom is -0.457 e. The van der Waals surface area contributed by atoms with Gasteiger partial charge in [-0.1, -0.05) is 0 Å². The van der Waals surface area contributed by atoms with Crippen LogP contribution in [0.2, 0.25) is 0 Å². The monoisotopic (exact) mass is 563 g/mol. The minimum absolute atomic E-state index is 0.0204. The van der Waals surface area contributed by atoms with Gasteiger partial charge in [0.25, 0.3) is 10.2 Å². The first-order valence-electron chi connectivity index (χ1n) is 10.5. The molecule has 16 heteroatoms. The zero-order valence-electron chi connectivity index (χ0n) is 18.2. The number of hydrogen-bond donors (Lipinski definition) is 0. The predicted molar refractivity (Wildman–Crippen MR) is 114 cm³/mol. The molecule has 2 fully saturated rings. The van der Waals surface area contributed by atoms with Gasteiger partial charge in [0.2, 0.25) is 0 Å². The van der Waals surface area contributed by atoms with Crippen LogP contribution < -0.4 is 0 Å². The quantitative estimate of drug-likeness (QED) is 0.187. The largest absolute Gasteiger partial charge is 0.457 e. The van der Waals surface area contributed by atoms with E-state index in [9.17, 15) is 29.8 Å². The predicted octanol–water partition coefficient (Wildman–Crippen LogP) is 0.963. The van der Waals surface area contributed by atoms with E-state index in [1.54, 1.807) is 18.5 Å². The Morgan fingerprint density at radius 3 is 2.34 bits per heavy atom. The Kier molecular flexibility index (Phi) is 9.50. The van der Waals surface area contributed by atoms with Gasteiger partial charge in [-0.05, 0) is 40.4 Å². The molecule has 0 spiro atoms. The molecule has 0 amide bonds. The Labute approximate surface area is 206 Å². The third-order valence-electron chi connectivity index (χ3n) is 5.15. The SMILES string of the molecule is O=C(CCCC(CO[N+](=O)[O-])O[N+](=O)[O-])O[C@@H]1CO[C@H]2[C@@H]1OC[C@H]2OC(=O)Cc1cncc(Br)c1. The summed E-state index contributed by atoms with van der Waals surface area (Å²) < 4.78 is 22.9. The second-order valence-corrected chi connectivity index (χ2v) is 8.62. The zero-order valence-corrected chi connectivity index (χ0v) is 19.8. The minimum atomic E-state index is -1.20. The van der Waals surface area contributed by atoms with Gasteiger partial charge in [-0.3, -0.25) is 14.6 Å². The van der Waals surface area contributed by atoms with E-state index < -0.39 is 59.2 Å². The molecule has 15 nitrogen and oxygen atoms in total. The van der Waals surface area contributed by atoms with E-state index in [1.807, 2.05) is 0 Å². The normalized spacial score (nSPS) is 23.7. The van der Waals surface area contributed by atoms with Crippen LogP contribution in [-0.2, 0) is 44.6 Å². The second kappa shape index (κ2) is 12.6. The van der Waals surface area contributed by atoms with Crippen molar-refractivity contribution in [1.29, 1.82) is 0 Å². The number of hydrogen-bond acceptors (Lipinski definition) is 13. The molecule has 2 saturated heterocycles. The van der Waals surface area contributed by atoms with Crippen LogP contribution in [0, 0.1) is 20.2 Å². The highest BCUT2D eigenvalue weighted by Crippen LogP contribution is 2.31. The summed E-state index contributed by atoms with van der Waals surface area (Å²) in [6.07, 6.45) is -0.654. The molecule has 0 N–H and O–H groups in total. The van der Waals surface area contributed by atoms with Crippen LogP contribution in [0.1, 0.15) is 24.8 Å². The summed E-state index contributed by atoms with van der Waals surface area (Å²) in [6, 6.07) is 1.75. The Balaban J connectivity index is 1.40. The lowest BCUT2D eigenvalue weighted by atomic mass is 10.1. The molecular formula is C19H22BrN3O12. The first kappa shape index (κ1) is 26.5. The topological polar surface area (TPSA) is 189 Å². The molecule has 3 rings (SSSR count). The number of fused-ring (bicyclic) bond motifs is 1. The van der Waals surface area contributed by atoms with Crippen LogP contribution >= 0.6 is 15.9 Å². The molecule has 0 radical (unpaired) electrons. The maximum absolute atomic E-state index is 12.3. The van der Waals surface area contributed by atoms with Crippen LogP contribution in [-0.4, -0.2) is 77.4 Å². The van der Waals surface area contributed by atoms with Crippen molar-refractivity contribution >= 4 is 27.9 Å². The van der Waals surface area contributed by atoms with E-state index in [0.717, 1.165) is 4.47 Å². The lowest BCUT2D eigenvalue weighted by Crippen LogP contribution is -2.36. The Hall–Kier alpha value is -3.11. The second-order valence-electron chi connectivity index (χ2n) is 7.70. The molecule has 1 unspecified atom stereocenters. The van der Waals surface area contributed by atoms with Gasteiger partial charge in [-0.25, -0.2) is 0 Å².